The highest BCUT2D eigenvalue weighted by Crippen LogP contribution is 2.32. The van der Waals surface area contributed by atoms with Gasteiger partial charge in [0.1, 0.15) is 11.3 Å². The van der Waals surface area contributed by atoms with Crippen LogP contribution in [-0.4, -0.2) is 29.1 Å². The maximum absolute atomic E-state index is 11.1. The van der Waals surface area contributed by atoms with Crippen LogP contribution in [0.3, 0.4) is 0 Å². The predicted octanol–water partition coefficient (Wildman–Crippen LogP) is 2.70. The first kappa shape index (κ1) is 14.7. The van der Waals surface area contributed by atoms with E-state index in [1.807, 2.05) is 13.8 Å². The molecule has 1 N–H and O–H groups in total. The van der Waals surface area contributed by atoms with E-state index in [2.05, 4.69) is 6.58 Å². The number of hydrogen-bond donors (Lipinski definition) is 1. The van der Waals surface area contributed by atoms with Crippen molar-refractivity contribution in [2.75, 3.05) is 18.0 Å². The summed E-state index contributed by atoms with van der Waals surface area (Å²) in [5.74, 6) is -1.31. The monoisotopic (exact) mass is 264 g/mol. The molecule has 0 amide bonds. The van der Waals surface area contributed by atoms with Gasteiger partial charge in [-0.25, -0.2) is 4.79 Å². The first-order chi connectivity index (χ1) is 8.88. The van der Waals surface area contributed by atoms with Crippen LogP contribution in [0.25, 0.3) is 0 Å². The normalized spacial score (nSPS) is 10.0. The lowest BCUT2D eigenvalue weighted by Gasteiger charge is -2.23. The summed E-state index contributed by atoms with van der Waals surface area (Å²) in [5.41, 5.74) is 0.466. The standard InChI is InChI=1S/C13H16N2O4/c1-4-14(8-9(2)3)11-7-5-6-10(13(16)17)12(11)15(18)19/h5-7H,2,4,8H2,1,3H3,(H,16,17). The van der Waals surface area contributed by atoms with Gasteiger partial charge in [0.25, 0.3) is 0 Å². The van der Waals surface area contributed by atoms with Gasteiger partial charge in [0, 0.05) is 13.1 Å². The third-order valence-corrected chi connectivity index (χ3v) is 2.61. The molecule has 0 aliphatic rings. The van der Waals surface area contributed by atoms with E-state index in [0.717, 1.165) is 5.57 Å². The van der Waals surface area contributed by atoms with Crippen LogP contribution in [0, 0.1) is 10.1 Å². The Balaban J connectivity index is 3.40. The second-order valence-corrected chi connectivity index (χ2v) is 4.21. The van der Waals surface area contributed by atoms with E-state index in [0.29, 0.717) is 18.8 Å². The van der Waals surface area contributed by atoms with Gasteiger partial charge in [-0.2, -0.15) is 0 Å². The lowest BCUT2D eigenvalue weighted by molar-refractivity contribution is -0.384. The Morgan fingerprint density at radius 1 is 1.53 bits per heavy atom. The van der Waals surface area contributed by atoms with Crippen LogP contribution in [0.5, 0.6) is 0 Å². The molecule has 1 rings (SSSR count). The number of benzene rings is 1. The molecular formula is C13H16N2O4. The van der Waals surface area contributed by atoms with E-state index in [9.17, 15) is 14.9 Å². The van der Waals surface area contributed by atoms with Crippen molar-refractivity contribution in [3.05, 3.63) is 46.0 Å². The average molecular weight is 264 g/mol. The predicted molar refractivity (Wildman–Crippen MR) is 72.8 cm³/mol. The lowest BCUT2D eigenvalue weighted by Crippen LogP contribution is -2.25. The molecule has 1 aromatic carbocycles. The van der Waals surface area contributed by atoms with Crippen molar-refractivity contribution in [3.8, 4) is 0 Å². The minimum absolute atomic E-state index is 0.301. The van der Waals surface area contributed by atoms with E-state index < -0.39 is 10.9 Å². The van der Waals surface area contributed by atoms with Gasteiger partial charge < -0.3 is 10.0 Å². The molecule has 0 saturated carbocycles. The maximum atomic E-state index is 11.1. The Morgan fingerprint density at radius 3 is 2.58 bits per heavy atom. The van der Waals surface area contributed by atoms with E-state index >= 15 is 0 Å². The average Bonchev–Trinajstić information content (AvgIpc) is 2.34. The van der Waals surface area contributed by atoms with Crippen LogP contribution < -0.4 is 4.90 Å². The molecule has 0 bridgehead atoms. The van der Waals surface area contributed by atoms with E-state index in [4.69, 9.17) is 5.11 Å². The van der Waals surface area contributed by atoms with Crippen LogP contribution in [0.4, 0.5) is 11.4 Å². The Bertz CT molecular complexity index is 525. The number of carboxylic acid groups (broad SMARTS) is 1. The van der Waals surface area contributed by atoms with Crippen molar-refractivity contribution >= 4 is 17.3 Å². The Labute approximate surface area is 111 Å². The molecule has 0 atom stereocenters. The van der Waals surface area contributed by atoms with Crippen LogP contribution in [0.2, 0.25) is 0 Å². The molecule has 0 aromatic heterocycles. The zero-order valence-electron chi connectivity index (χ0n) is 10.9. The van der Waals surface area contributed by atoms with Crippen LogP contribution in [-0.2, 0) is 0 Å². The third kappa shape index (κ3) is 3.31. The summed E-state index contributed by atoms with van der Waals surface area (Å²) in [7, 11) is 0. The maximum Gasteiger partial charge on any atom is 0.342 e. The zero-order valence-corrected chi connectivity index (χ0v) is 10.9. The van der Waals surface area contributed by atoms with Crippen molar-refractivity contribution in [2.24, 2.45) is 0 Å². The SMILES string of the molecule is C=C(C)CN(CC)c1cccc(C(=O)O)c1[N+](=O)[O-]. The fraction of sp³-hybridized carbons (Fsp3) is 0.308. The summed E-state index contributed by atoms with van der Waals surface area (Å²) in [5, 5.41) is 20.2. The quantitative estimate of drug-likeness (QED) is 0.485. The van der Waals surface area contributed by atoms with Gasteiger partial charge in [-0.1, -0.05) is 18.2 Å². The van der Waals surface area contributed by atoms with Gasteiger partial charge in [0.05, 0.1) is 4.92 Å². The second kappa shape index (κ2) is 5.99. The number of carboxylic acids is 1. The van der Waals surface area contributed by atoms with E-state index in [1.54, 1.807) is 11.0 Å². The van der Waals surface area contributed by atoms with Crippen molar-refractivity contribution in [1.82, 2.24) is 0 Å². The number of nitro benzene ring substituents is 1. The number of anilines is 1. The minimum Gasteiger partial charge on any atom is -0.477 e. The molecule has 1 aromatic rings. The van der Waals surface area contributed by atoms with Crippen molar-refractivity contribution in [1.29, 1.82) is 0 Å². The number of rotatable bonds is 6. The minimum atomic E-state index is -1.31. The van der Waals surface area contributed by atoms with Gasteiger partial charge in [-0.15, -0.1) is 0 Å². The van der Waals surface area contributed by atoms with Crippen molar-refractivity contribution in [3.63, 3.8) is 0 Å². The topological polar surface area (TPSA) is 83.7 Å². The van der Waals surface area contributed by atoms with E-state index in [1.165, 1.54) is 12.1 Å². The van der Waals surface area contributed by atoms with Gasteiger partial charge in [-0.05, 0) is 26.0 Å². The highest BCUT2D eigenvalue weighted by Gasteiger charge is 2.26. The number of nitrogens with zero attached hydrogens (tertiary/aromatic N) is 2. The summed E-state index contributed by atoms with van der Waals surface area (Å²) in [6.45, 7) is 8.40. The Morgan fingerprint density at radius 2 is 2.16 bits per heavy atom. The Hall–Kier alpha value is -2.37. The molecule has 0 saturated heterocycles. The molecule has 6 nitrogen and oxygen atoms in total. The molecular weight excluding hydrogens is 248 g/mol. The molecule has 0 spiro atoms. The number of hydrogen-bond acceptors (Lipinski definition) is 4. The van der Waals surface area contributed by atoms with E-state index in [-0.39, 0.29) is 11.3 Å². The highest BCUT2D eigenvalue weighted by atomic mass is 16.6. The first-order valence-electron chi connectivity index (χ1n) is 5.78. The number of nitro groups is 1. The van der Waals surface area contributed by atoms with Crippen molar-refractivity contribution < 1.29 is 14.8 Å². The third-order valence-electron chi connectivity index (χ3n) is 2.61. The van der Waals surface area contributed by atoms with Gasteiger partial charge in [0.2, 0.25) is 0 Å². The molecule has 0 aliphatic carbocycles. The Kier molecular flexibility index (Phi) is 4.63. The largest absolute Gasteiger partial charge is 0.477 e. The lowest BCUT2D eigenvalue weighted by atomic mass is 10.1. The fourth-order valence-electron chi connectivity index (χ4n) is 1.84. The number of para-hydroxylation sites is 1. The highest BCUT2D eigenvalue weighted by molar-refractivity contribution is 5.95. The summed E-state index contributed by atoms with van der Waals surface area (Å²) in [6, 6.07) is 4.29. The molecule has 19 heavy (non-hydrogen) atoms. The molecule has 0 unspecified atom stereocenters. The molecule has 0 fully saturated rings. The van der Waals surface area contributed by atoms with Crippen LogP contribution in [0.1, 0.15) is 24.2 Å². The summed E-state index contributed by atoms with van der Waals surface area (Å²) in [6.07, 6.45) is 0. The van der Waals surface area contributed by atoms with Crippen molar-refractivity contribution in [2.45, 2.75) is 13.8 Å². The summed E-state index contributed by atoms with van der Waals surface area (Å²) in [4.78, 5) is 23.3. The molecule has 0 radical (unpaired) electrons. The number of aromatic carboxylic acids is 1. The first-order valence-corrected chi connectivity index (χ1v) is 5.78. The summed E-state index contributed by atoms with van der Waals surface area (Å²) >= 11 is 0. The smallest absolute Gasteiger partial charge is 0.342 e. The van der Waals surface area contributed by atoms with Gasteiger partial charge >= 0.3 is 11.7 Å². The molecule has 6 heteroatoms. The van der Waals surface area contributed by atoms with Crippen LogP contribution >= 0.6 is 0 Å². The number of carbonyl (C=O) groups is 1. The van der Waals surface area contributed by atoms with Gasteiger partial charge in [0.15, 0.2) is 0 Å². The zero-order chi connectivity index (χ0) is 14.6. The molecule has 0 heterocycles. The van der Waals surface area contributed by atoms with Crippen LogP contribution in [0.15, 0.2) is 30.4 Å². The molecule has 0 aliphatic heterocycles. The summed E-state index contributed by atoms with van der Waals surface area (Å²) < 4.78 is 0. The fourth-order valence-corrected chi connectivity index (χ4v) is 1.84. The van der Waals surface area contributed by atoms with Gasteiger partial charge in [-0.3, -0.25) is 10.1 Å². The molecule has 102 valence electrons. The number of likely N-dealkylation sites (N-methyl/N-ethyl adjacent to an activating group) is 1. The second-order valence-electron chi connectivity index (χ2n) is 4.21.